The predicted octanol–water partition coefficient (Wildman–Crippen LogP) is 3.02. The summed E-state index contributed by atoms with van der Waals surface area (Å²) >= 11 is 0. The summed E-state index contributed by atoms with van der Waals surface area (Å²) < 4.78 is 20.1. The number of amides is 1. The van der Waals surface area contributed by atoms with Crippen LogP contribution in [0.15, 0.2) is 48.9 Å². The normalized spacial score (nSPS) is 13.0. The molecule has 1 aliphatic rings. The highest BCUT2D eigenvalue weighted by Crippen LogP contribution is 2.39. The zero-order valence-corrected chi connectivity index (χ0v) is 15.5. The average Bonchev–Trinajstić information content (AvgIpc) is 3.21. The number of anilines is 1. The fraction of sp³-hybridized carbons (Fsp3) is 0.238. The number of fused-ring (bicyclic) bond motifs is 1. The zero-order valence-electron chi connectivity index (χ0n) is 15.5. The van der Waals surface area contributed by atoms with Crippen LogP contribution in [0.1, 0.15) is 16.1 Å². The van der Waals surface area contributed by atoms with Crippen LogP contribution in [0, 0.1) is 5.82 Å². The minimum atomic E-state index is -0.326. The van der Waals surface area contributed by atoms with Crippen LogP contribution >= 0.6 is 0 Å². The Morgan fingerprint density at radius 1 is 1.36 bits per heavy atom. The minimum absolute atomic E-state index is 0.246. The standard InChI is InChI=1S/C21H21FN4O2/c1-26-8-9-28-20-17(21(27)24-7-6-15-12-23-13-25-15)10-14(11-19(20)26)16-4-2-3-5-18(16)22/h2-5,10-13H,6-9H2,1H3,(H,23,25)(H,24,27). The summed E-state index contributed by atoms with van der Waals surface area (Å²) in [6.07, 6.45) is 3.97. The van der Waals surface area contributed by atoms with Gasteiger partial charge in [0, 0.05) is 37.5 Å². The molecule has 28 heavy (non-hydrogen) atoms. The Labute approximate surface area is 162 Å². The Morgan fingerprint density at radius 2 is 2.21 bits per heavy atom. The van der Waals surface area contributed by atoms with Gasteiger partial charge in [-0.1, -0.05) is 18.2 Å². The van der Waals surface area contributed by atoms with Crippen molar-refractivity contribution in [2.24, 2.45) is 0 Å². The minimum Gasteiger partial charge on any atom is -0.489 e. The van der Waals surface area contributed by atoms with Crippen LogP contribution in [0.25, 0.3) is 11.1 Å². The molecule has 3 aromatic rings. The van der Waals surface area contributed by atoms with Crippen molar-refractivity contribution in [2.75, 3.05) is 31.6 Å². The topological polar surface area (TPSA) is 70.2 Å². The molecule has 2 aromatic carbocycles. The van der Waals surface area contributed by atoms with E-state index in [9.17, 15) is 9.18 Å². The van der Waals surface area contributed by atoms with Crippen molar-refractivity contribution < 1.29 is 13.9 Å². The van der Waals surface area contributed by atoms with E-state index >= 15 is 0 Å². The SMILES string of the molecule is CN1CCOc2c(C(=O)NCCc3cnc[nH]3)cc(-c3ccccc3F)cc21. The highest BCUT2D eigenvalue weighted by atomic mass is 19.1. The third-order valence-electron chi connectivity index (χ3n) is 4.82. The monoisotopic (exact) mass is 380 g/mol. The van der Waals surface area contributed by atoms with E-state index in [1.807, 2.05) is 18.0 Å². The van der Waals surface area contributed by atoms with E-state index in [1.165, 1.54) is 6.07 Å². The van der Waals surface area contributed by atoms with Gasteiger partial charge in [-0.3, -0.25) is 4.79 Å². The summed E-state index contributed by atoms with van der Waals surface area (Å²) in [5, 5.41) is 2.92. The molecule has 1 amide bonds. The molecule has 1 aromatic heterocycles. The van der Waals surface area contributed by atoms with Crippen LogP contribution in [0.2, 0.25) is 0 Å². The molecule has 2 N–H and O–H groups in total. The number of nitrogens with one attached hydrogen (secondary N) is 2. The smallest absolute Gasteiger partial charge is 0.255 e. The van der Waals surface area contributed by atoms with Gasteiger partial charge in [0.25, 0.3) is 5.91 Å². The highest BCUT2D eigenvalue weighted by Gasteiger charge is 2.24. The Kier molecular flexibility index (Phi) is 4.97. The maximum atomic E-state index is 14.3. The van der Waals surface area contributed by atoms with Gasteiger partial charge in [0.15, 0.2) is 5.75 Å². The van der Waals surface area contributed by atoms with Gasteiger partial charge in [0.05, 0.1) is 24.1 Å². The average molecular weight is 380 g/mol. The molecule has 4 rings (SSSR count). The lowest BCUT2D eigenvalue weighted by Gasteiger charge is -2.30. The summed E-state index contributed by atoms with van der Waals surface area (Å²) in [5.41, 5.74) is 3.24. The summed E-state index contributed by atoms with van der Waals surface area (Å²) in [5.74, 6) is -0.0374. The number of aromatic amines is 1. The van der Waals surface area contributed by atoms with E-state index in [2.05, 4.69) is 15.3 Å². The predicted molar refractivity (Wildman–Crippen MR) is 105 cm³/mol. The third kappa shape index (κ3) is 3.55. The lowest BCUT2D eigenvalue weighted by molar-refractivity contribution is 0.0950. The van der Waals surface area contributed by atoms with Gasteiger partial charge in [0.1, 0.15) is 12.4 Å². The van der Waals surface area contributed by atoms with Crippen molar-refractivity contribution in [3.8, 4) is 16.9 Å². The summed E-state index contributed by atoms with van der Waals surface area (Å²) in [6, 6.07) is 10.1. The summed E-state index contributed by atoms with van der Waals surface area (Å²) in [7, 11) is 1.94. The molecule has 1 aliphatic heterocycles. The van der Waals surface area contributed by atoms with E-state index < -0.39 is 0 Å². The Bertz CT molecular complexity index is 988. The Balaban J connectivity index is 1.66. The molecule has 0 saturated heterocycles. The molecular weight excluding hydrogens is 359 g/mol. The number of benzene rings is 2. The van der Waals surface area contributed by atoms with Crippen LogP contribution in [-0.2, 0) is 6.42 Å². The van der Waals surface area contributed by atoms with Crippen molar-refractivity contribution in [1.29, 1.82) is 0 Å². The maximum Gasteiger partial charge on any atom is 0.255 e. The van der Waals surface area contributed by atoms with E-state index in [1.54, 1.807) is 36.8 Å². The number of halogens is 1. The van der Waals surface area contributed by atoms with Crippen LogP contribution in [0.3, 0.4) is 0 Å². The number of aromatic nitrogens is 2. The van der Waals surface area contributed by atoms with Crippen LogP contribution in [0.4, 0.5) is 10.1 Å². The number of nitrogens with zero attached hydrogens (tertiary/aromatic N) is 2. The number of carbonyl (C=O) groups excluding carboxylic acids is 1. The largest absolute Gasteiger partial charge is 0.489 e. The van der Waals surface area contributed by atoms with Gasteiger partial charge >= 0.3 is 0 Å². The van der Waals surface area contributed by atoms with Crippen LogP contribution in [0.5, 0.6) is 5.75 Å². The number of rotatable bonds is 5. The molecule has 0 aliphatic carbocycles. The number of H-pyrrole nitrogens is 1. The first kappa shape index (κ1) is 18.0. The number of imidazole rings is 1. The Morgan fingerprint density at radius 3 is 3.00 bits per heavy atom. The molecule has 6 nitrogen and oxygen atoms in total. The molecule has 0 saturated carbocycles. The van der Waals surface area contributed by atoms with Crippen LogP contribution in [-0.4, -0.2) is 42.6 Å². The maximum absolute atomic E-state index is 14.3. The second kappa shape index (κ2) is 7.72. The van der Waals surface area contributed by atoms with Crippen LogP contribution < -0.4 is 15.0 Å². The van der Waals surface area contributed by atoms with Crippen molar-refractivity contribution >= 4 is 11.6 Å². The second-order valence-electron chi connectivity index (χ2n) is 6.70. The Hall–Kier alpha value is -3.35. The summed E-state index contributed by atoms with van der Waals surface area (Å²) in [4.78, 5) is 21.9. The van der Waals surface area contributed by atoms with E-state index in [-0.39, 0.29) is 11.7 Å². The van der Waals surface area contributed by atoms with Gasteiger partial charge in [0.2, 0.25) is 0 Å². The van der Waals surface area contributed by atoms with Gasteiger partial charge in [-0.15, -0.1) is 0 Å². The molecule has 7 heteroatoms. The van der Waals surface area contributed by atoms with E-state index in [0.29, 0.717) is 48.6 Å². The second-order valence-corrected chi connectivity index (χ2v) is 6.70. The molecular formula is C21H21FN4O2. The van der Waals surface area contributed by atoms with Gasteiger partial charge in [-0.05, 0) is 23.8 Å². The first-order valence-electron chi connectivity index (χ1n) is 9.16. The quantitative estimate of drug-likeness (QED) is 0.714. The fourth-order valence-corrected chi connectivity index (χ4v) is 3.30. The fourth-order valence-electron chi connectivity index (χ4n) is 3.30. The summed E-state index contributed by atoms with van der Waals surface area (Å²) in [6.45, 7) is 1.65. The van der Waals surface area contributed by atoms with Crippen molar-refractivity contribution in [2.45, 2.75) is 6.42 Å². The molecule has 0 unspecified atom stereocenters. The van der Waals surface area contributed by atoms with Gasteiger partial charge in [-0.25, -0.2) is 9.37 Å². The lowest BCUT2D eigenvalue weighted by atomic mass is 9.99. The van der Waals surface area contributed by atoms with E-state index in [4.69, 9.17) is 4.74 Å². The van der Waals surface area contributed by atoms with Crippen molar-refractivity contribution in [1.82, 2.24) is 15.3 Å². The molecule has 0 bridgehead atoms. The number of carbonyl (C=O) groups is 1. The van der Waals surface area contributed by atoms with Crippen molar-refractivity contribution in [3.05, 3.63) is 66.0 Å². The van der Waals surface area contributed by atoms with Crippen molar-refractivity contribution in [3.63, 3.8) is 0 Å². The number of hydrogen-bond acceptors (Lipinski definition) is 4. The lowest BCUT2D eigenvalue weighted by Crippen LogP contribution is -2.32. The molecule has 0 spiro atoms. The molecule has 0 atom stereocenters. The van der Waals surface area contributed by atoms with Gasteiger partial charge < -0.3 is 19.9 Å². The molecule has 0 fully saturated rings. The number of hydrogen-bond donors (Lipinski definition) is 2. The molecule has 2 heterocycles. The first-order chi connectivity index (χ1) is 13.6. The first-order valence-corrected chi connectivity index (χ1v) is 9.16. The third-order valence-corrected chi connectivity index (χ3v) is 4.82. The molecule has 144 valence electrons. The number of ether oxygens (including phenoxy) is 1. The number of likely N-dealkylation sites (N-methyl/N-ethyl adjacent to an activating group) is 1. The molecule has 0 radical (unpaired) electrons. The highest BCUT2D eigenvalue weighted by molar-refractivity contribution is 6.01. The van der Waals surface area contributed by atoms with E-state index in [0.717, 1.165) is 11.4 Å². The van der Waals surface area contributed by atoms with Gasteiger partial charge in [-0.2, -0.15) is 0 Å². The zero-order chi connectivity index (χ0) is 19.5.